The molecule has 0 bridgehead atoms. The van der Waals surface area contributed by atoms with Crippen LogP contribution in [0.1, 0.15) is 24.2 Å². The van der Waals surface area contributed by atoms with Gasteiger partial charge in [-0.3, -0.25) is 9.59 Å². The number of rotatable bonds is 10. The van der Waals surface area contributed by atoms with Crippen LogP contribution in [0, 0.1) is 0 Å². The first-order valence-corrected chi connectivity index (χ1v) is 10.7. The van der Waals surface area contributed by atoms with Crippen molar-refractivity contribution in [3.05, 3.63) is 84.4 Å². The van der Waals surface area contributed by atoms with E-state index in [1.165, 1.54) is 13.8 Å². The number of hydrogen-bond donors (Lipinski definition) is 2. The van der Waals surface area contributed by atoms with Gasteiger partial charge >= 0.3 is 5.97 Å². The van der Waals surface area contributed by atoms with Gasteiger partial charge in [0, 0.05) is 18.3 Å². The molecule has 3 aromatic rings. The standard InChI is InChI=1S/C26H26N2O6/c1-18(25(30)28-21-14-12-20(13-15-21)27-19(2)29)34-26(31)23-10-6-7-11-24(23)33-17-16-32-22-8-4-3-5-9-22/h3-15,18H,16-17H2,1-2H3,(H,27,29)(H,28,30). The minimum Gasteiger partial charge on any atom is -0.490 e. The Morgan fingerprint density at radius 2 is 1.35 bits per heavy atom. The molecule has 0 saturated heterocycles. The lowest BCUT2D eigenvalue weighted by Gasteiger charge is -2.16. The number of hydrogen-bond acceptors (Lipinski definition) is 6. The SMILES string of the molecule is CC(=O)Nc1ccc(NC(=O)C(C)OC(=O)c2ccccc2OCCOc2ccccc2)cc1. The molecule has 0 saturated carbocycles. The molecule has 8 heteroatoms. The largest absolute Gasteiger partial charge is 0.490 e. The van der Waals surface area contributed by atoms with Gasteiger partial charge in [0.15, 0.2) is 6.10 Å². The number of anilines is 2. The number of para-hydroxylation sites is 2. The molecule has 2 amide bonds. The monoisotopic (exact) mass is 462 g/mol. The van der Waals surface area contributed by atoms with Gasteiger partial charge in [-0.1, -0.05) is 30.3 Å². The summed E-state index contributed by atoms with van der Waals surface area (Å²) in [4.78, 5) is 36.2. The number of nitrogens with one attached hydrogen (secondary N) is 2. The van der Waals surface area contributed by atoms with E-state index < -0.39 is 18.0 Å². The number of ether oxygens (including phenoxy) is 3. The maximum absolute atomic E-state index is 12.7. The van der Waals surface area contributed by atoms with E-state index in [2.05, 4.69) is 10.6 Å². The van der Waals surface area contributed by atoms with Crippen molar-refractivity contribution in [3.63, 3.8) is 0 Å². The summed E-state index contributed by atoms with van der Waals surface area (Å²) in [5.41, 5.74) is 1.32. The molecule has 0 heterocycles. The van der Waals surface area contributed by atoms with E-state index in [4.69, 9.17) is 14.2 Å². The highest BCUT2D eigenvalue weighted by Gasteiger charge is 2.21. The third-order valence-corrected chi connectivity index (χ3v) is 4.59. The smallest absolute Gasteiger partial charge is 0.342 e. The normalized spacial score (nSPS) is 11.1. The first-order valence-electron chi connectivity index (χ1n) is 10.7. The fourth-order valence-corrected chi connectivity index (χ4v) is 2.95. The third kappa shape index (κ3) is 7.37. The van der Waals surface area contributed by atoms with Crippen molar-refractivity contribution >= 4 is 29.2 Å². The molecule has 3 aromatic carbocycles. The van der Waals surface area contributed by atoms with Crippen molar-refractivity contribution < 1.29 is 28.6 Å². The lowest BCUT2D eigenvalue weighted by Crippen LogP contribution is -2.30. The summed E-state index contributed by atoms with van der Waals surface area (Å²) in [6, 6.07) is 22.6. The highest BCUT2D eigenvalue weighted by Crippen LogP contribution is 2.20. The van der Waals surface area contributed by atoms with Crippen molar-refractivity contribution in [3.8, 4) is 11.5 Å². The van der Waals surface area contributed by atoms with E-state index in [1.807, 2.05) is 30.3 Å². The molecule has 8 nitrogen and oxygen atoms in total. The molecule has 1 unspecified atom stereocenters. The molecule has 34 heavy (non-hydrogen) atoms. The molecule has 0 aliphatic heterocycles. The summed E-state index contributed by atoms with van der Waals surface area (Å²) in [6.07, 6.45) is -1.04. The quantitative estimate of drug-likeness (QED) is 0.344. The van der Waals surface area contributed by atoms with E-state index >= 15 is 0 Å². The van der Waals surface area contributed by atoms with Gasteiger partial charge in [-0.05, 0) is 55.5 Å². The minimum atomic E-state index is -1.04. The number of amides is 2. The number of esters is 1. The van der Waals surface area contributed by atoms with Crippen LogP contribution in [-0.4, -0.2) is 37.1 Å². The Morgan fingerprint density at radius 3 is 2.03 bits per heavy atom. The van der Waals surface area contributed by atoms with Crippen LogP contribution in [0.25, 0.3) is 0 Å². The highest BCUT2D eigenvalue weighted by atomic mass is 16.6. The summed E-state index contributed by atoms with van der Waals surface area (Å²) < 4.78 is 16.6. The van der Waals surface area contributed by atoms with Gasteiger partial charge in [0.25, 0.3) is 5.91 Å². The Hall–Kier alpha value is -4.33. The number of carbonyl (C=O) groups is 3. The Morgan fingerprint density at radius 1 is 0.765 bits per heavy atom. The fourth-order valence-electron chi connectivity index (χ4n) is 2.95. The fraction of sp³-hybridized carbons (Fsp3) is 0.192. The predicted molar refractivity (Wildman–Crippen MR) is 128 cm³/mol. The van der Waals surface area contributed by atoms with E-state index in [9.17, 15) is 14.4 Å². The molecule has 2 N–H and O–H groups in total. The highest BCUT2D eigenvalue weighted by molar-refractivity contribution is 5.98. The van der Waals surface area contributed by atoms with Crippen LogP contribution in [0.4, 0.5) is 11.4 Å². The first kappa shape index (κ1) is 24.3. The van der Waals surface area contributed by atoms with E-state index in [1.54, 1.807) is 48.5 Å². The van der Waals surface area contributed by atoms with Crippen molar-refractivity contribution in [2.45, 2.75) is 20.0 Å². The third-order valence-electron chi connectivity index (χ3n) is 4.59. The van der Waals surface area contributed by atoms with Crippen molar-refractivity contribution in [1.82, 2.24) is 0 Å². The molecule has 0 aliphatic carbocycles. The summed E-state index contributed by atoms with van der Waals surface area (Å²) in [5.74, 6) is -0.294. The molecule has 0 aliphatic rings. The average Bonchev–Trinajstić information content (AvgIpc) is 2.83. The molecule has 0 fully saturated rings. The van der Waals surface area contributed by atoms with E-state index in [-0.39, 0.29) is 18.1 Å². The maximum Gasteiger partial charge on any atom is 0.342 e. The Kier molecular flexibility index (Phi) is 8.62. The van der Waals surface area contributed by atoms with Gasteiger partial charge in [-0.15, -0.1) is 0 Å². The lowest BCUT2D eigenvalue weighted by atomic mass is 10.2. The number of carbonyl (C=O) groups excluding carboxylic acids is 3. The van der Waals surface area contributed by atoms with Crippen LogP contribution in [0.5, 0.6) is 11.5 Å². The summed E-state index contributed by atoms with van der Waals surface area (Å²) >= 11 is 0. The van der Waals surface area contributed by atoms with Crippen LogP contribution in [-0.2, 0) is 14.3 Å². The van der Waals surface area contributed by atoms with Gasteiger partial charge in [0.2, 0.25) is 5.91 Å². The second kappa shape index (κ2) is 12.1. The zero-order valence-corrected chi connectivity index (χ0v) is 18.9. The Bertz CT molecular complexity index is 1120. The summed E-state index contributed by atoms with van der Waals surface area (Å²) in [7, 11) is 0. The van der Waals surface area contributed by atoms with Crippen molar-refractivity contribution in [2.75, 3.05) is 23.8 Å². The van der Waals surface area contributed by atoms with Crippen LogP contribution in [0.2, 0.25) is 0 Å². The van der Waals surface area contributed by atoms with Gasteiger partial charge in [-0.25, -0.2) is 4.79 Å². The summed E-state index contributed by atoms with van der Waals surface area (Å²) in [6.45, 7) is 3.42. The zero-order valence-electron chi connectivity index (χ0n) is 18.9. The molecule has 1 atom stereocenters. The number of benzene rings is 3. The predicted octanol–water partition coefficient (Wildman–Crippen LogP) is 4.29. The molecule has 0 aromatic heterocycles. The zero-order chi connectivity index (χ0) is 24.3. The average molecular weight is 463 g/mol. The van der Waals surface area contributed by atoms with Crippen LogP contribution in [0.15, 0.2) is 78.9 Å². The van der Waals surface area contributed by atoms with E-state index in [0.29, 0.717) is 23.7 Å². The van der Waals surface area contributed by atoms with Gasteiger partial charge in [0.1, 0.15) is 30.3 Å². The van der Waals surface area contributed by atoms with Crippen molar-refractivity contribution in [1.29, 1.82) is 0 Å². The second-order valence-corrected chi connectivity index (χ2v) is 7.30. The molecule has 3 rings (SSSR count). The van der Waals surface area contributed by atoms with Crippen LogP contribution >= 0.6 is 0 Å². The van der Waals surface area contributed by atoms with E-state index in [0.717, 1.165) is 5.75 Å². The minimum absolute atomic E-state index is 0.190. The lowest BCUT2D eigenvalue weighted by molar-refractivity contribution is -0.123. The Labute approximate surface area is 197 Å². The molecular formula is C26H26N2O6. The van der Waals surface area contributed by atoms with Gasteiger partial charge < -0.3 is 24.8 Å². The Balaban J connectivity index is 1.52. The molecule has 0 radical (unpaired) electrons. The van der Waals surface area contributed by atoms with Crippen molar-refractivity contribution in [2.24, 2.45) is 0 Å². The van der Waals surface area contributed by atoms with Gasteiger partial charge in [0.05, 0.1) is 0 Å². The molecular weight excluding hydrogens is 436 g/mol. The van der Waals surface area contributed by atoms with Gasteiger partial charge in [-0.2, -0.15) is 0 Å². The first-order chi connectivity index (χ1) is 16.4. The topological polar surface area (TPSA) is 103 Å². The second-order valence-electron chi connectivity index (χ2n) is 7.30. The van der Waals surface area contributed by atoms with Crippen LogP contribution < -0.4 is 20.1 Å². The summed E-state index contributed by atoms with van der Waals surface area (Å²) in [5, 5.41) is 5.32. The molecule has 0 spiro atoms. The molecule has 176 valence electrons. The van der Waals surface area contributed by atoms with Crippen LogP contribution in [0.3, 0.4) is 0 Å². The maximum atomic E-state index is 12.7.